The predicted molar refractivity (Wildman–Crippen MR) is 152 cm³/mol. The lowest BCUT2D eigenvalue weighted by atomic mass is 10.0. The minimum absolute atomic E-state index is 0.0908. The van der Waals surface area contributed by atoms with Gasteiger partial charge in [-0.3, -0.25) is 9.78 Å². The first kappa shape index (κ1) is 26.9. The molecule has 0 unspecified atom stereocenters. The van der Waals surface area contributed by atoms with Crippen molar-refractivity contribution in [3.8, 4) is 0 Å². The lowest BCUT2D eigenvalue weighted by Gasteiger charge is -2.39. The van der Waals surface area contributed by atoms with E-state index in [1.807, 2.05) is 25.7 Å². The monoisotopic (exact) mass is 560 g/mol. The van der Waals surface area contributed by atoms with Gasteiger partial charge in [-0.05, 0) is 53.4 Å². The van der Waals surface area contributed by atoms with Gasteiger partial charge < -0.3 is 24.3 Å². The van der Waals surface area contributed by atoms with Gasteiger partial charge in [0.05, 0.1) is 16.9 Å². The fourth-order valence-corrected chi connectivity index (χ4v) is 5.41. The van der Waals surface area contributed by atoms with Crippen molar-refractivity contribution >= 4 is 40.2 Å². The molecule has 11 nitrogen and oxygen atoms in total. The first-order valence-electron chi connectivity index (χ1n) is 13.9. The van der Waals surface area contributed by atoms with Gasteiger partial charge in [0.25, 0.3) is 5.91 Å². The summed E-state index contributed by atoms with van der Waals surface area (Å²) < 4.78 is 21.8. The first-order valence-corrected chi connectivity index (χ1v) is 13.9. The molecule has 0 bridgehead atoms. The Morgan fingerprint density at radius 3 is 2.39 bits per heavy atom. The highest BCUT2D eigenvalue weighted by Crippen LogP contribution is 2.35. The zero-order valence-electron chi connectivity index (χ0n) is 23.6. The molecule has 5 heterocycles. The number of pyridine rings is 2. The Morgan fingerprint density at radius 2 is 1.71 bits per heavy atom. The number of ether oxygens (including phenoxy) is 1. The minimum Gasteiger partial charge on any atom is -0.444 e. The van der Waals surface area contributed by atoms with E-state index < -0.39 is 17.3 Å². The molecule has 2 amide bonds. The fourth-order valence-electron chi connectivity index (χ4n) is 5.41. The summed E-state index contributed by atoms with van der Waals surface area (Å²) in [6.07, 6.45) is 11.2. The van der Waals surface area contributed by atoms with Gasteiger partial charge in [0, 0.05) is 62.2 Å². The number of fused-ring (bicyclic) bond motifs is 2. The molecule has 1 N–H and O–H groups in total. The normalized spacial score (nSPS) is 16.3. The number of imidazole rings is 1. The van der Waals surface area contributed by atoms with Crippen LogP contribution >= 0.6 is 0 Å². The molecule has 1 aliphatic carbocycles. The number of aromatic nitrogens is 5. The van der Waals surface area contributed by atoms with Gasteiger partial charge in [-0.15, -0.1) is 0 Å². The quantitative estimate of drug-likeness (QED) is 0.372. The molecule has 0 radical (unpaired) electrons. The predicted octanol–water partition coefficient (Wildman–Crippen LogP) is 4.74. The summed E-state index contributed by atoms with van der Waals surface area (Å²) >= 11 is 0. The lowest BCUT2D eigenvalue weighted by molar-refractivity contribution is 0.0113. The number of amides is 2. The number of carbonyl (C=O) groups excluding carboxylic acids is 2. The van der Waals surface area contributed by atoms with Gasteiger partial charge in [0.2, 0.25) is 0 Å². The van der Waals surface area contributed by atoms with Crippen LogP contribution < -0.4 is 10.2 Å². The maximum Gasteiger partial charge on any atom is 0.410 e. The van der Waals surface area contributed by atoms with Crippen LogP contribution in [0, 0.1) is 12.7 Å². The van der Waals surface area contributed by atoms with E-state index in [0.717, 1.165) is 25.7 Å². The van der Waals surface area contributed by atoms with Crippen LogP contribution in [0.3, 0.4) is 0 Å². The van der Waals surface area contributed by atoms with Crippen LogP contribution in [0.1, 0.15) is 62.5 Å². The van der Waals surface area contributed by atoms with Gasteiger partial charge in [0.1, 0.15) is 16.6 Å². The Bertz CT molecular complexity index is 1640. The van der Waals surface area contributed by atoms with Crippen LogP contribution in [0.4, 0.5) is 20.7 Å². The molecule has 1 saturated heterocycles. The summed E-state index contributed by atoms with van der Waals surface area (Å²) in [4.78, 5) is 48.1. The highest BCUT2D eigenvalue weighted by molar-refractivity contribution is 6.12. The Morgan fingerprint density at radius 1 is 1.02 bits per heavy atom. The molecule has 41 heavy (non-hydrogen) atoms. The van der Waals surface area contributed by atoms with Crippen LogP contribution in [0.5, 0.6) is 0 Å². The van der Waals surface area contributed by atoms with Crippen LogP contribution in [0.15, 0.2) is 37.1 Å². The highest BCUT2D eigenvalue weighted by atomic mass is 19.1. The maximum atomic E-state index is 14.6. The van der Waals surface area contributed by atoms with Crippen molar-refractivity contribution in [3.63, 3.8) is 0 Å². The molecule has 1 saturated carbocycles. The molecular weight excluding hydrogens is 527 g/mol. The topological polar surface area (TPSA) is 118 Å². The zero-order valence-corrected chi connectivity index (χ0v) is 23.6. The minimum atomic E-state index is -0.542. The summed E-state index contributed by atoms with van der Waals surface area (Å²) in [7, 11) is 0. The van der Waals surface area contributed by atoms with E-state index in [2.05, 4.69) is 30.2 Å². The second-order valence-electron chi connectivity index (χ2n) is 11.7. The number of rotatable bonds is 5. The standard InChI is InChI=1S/C29H33FN8O3/c1-17-15-37-16-18(13-22(30)25(37)34-17)35-27(39)21-14-33-26(24-23(21)31-9-10-32-24)36-11-7-20(8-12-36)38(19-5-6-19)28(40)41-29(2,3)4/h9-10,13-16,19-20H,5-8,11-12H2,1-4H3,(H,35,39). The Balaban J connectivity index is 1.20. The number of piperidine rings is 1. The average Bonchev–Trinajstić information content (AvgIpc) is 3.67. The van der Waals surface area contributed by atoms with Crippen molar-refractivity contribution in [2.75, 3.05) is 23.3 Å². The third kappa shape index (κ3) is 5.50. The summed E-state index contributed by atoms with van der Waals surface area (Å²) in [6.45, 7) is 8.78. The molecule has 2 aliphatic rings. The van der Waals surface area contributed by atoms with E-state index in [1.54, 1.807) is 25.5 Å². The number of anilines is 2. The van der Waals surface area contributed by atoms with Crippen molar-refractivity contribution in [1.82, 2.24) is 29.2 Å². The fraction of sp³-hybridized carbons (Fsp3) is 0.448. The Kier molecular flexibility index (Phi) is 6.71. The number of hydrogen-bond donors (Lipinski definition) is 1. The van der Waals surface area contributed by atoms with E-state index in [1.165, 1.54) is 22.9 Å². The number of carbonyl (C=O) groups is 2. The number of halogens is 1. The van der Waals surface area contributed by atoms with Gasteiger partial charge in [-0.25, -0.2) is 24.1 Å². The van der Waals surface area contributed by atoms with Crippen molar-refractivity contribution in [3.05, 3.63) is 54.1 Å². The Hall–Kier alpha value is -4.35. The molecular formula is C29H33FN8O3. The molecule has 1 aliphatic heterocycles. The second kappa shape index (κ2) is 10.2. The SMILES string of the molecule is Cc1cn2cc(NC(=O)c3cnc(N4CCC(N(C(=O)OC(C)(C)C)C5CC5)CC4)c4nccnc34)cc(F)c2n1. The molecule has 0 spiro atoms. The van der Waals surface area contributed by atoms with E-state index >= 15 is 0 Å². The summed E-state index contributed by atoms with van der Waals surface area (Å²) in [5, 5.41) is 2.75. The number of hydrogen-bond acceptors (Lipinski definition) is 8. The second-order valence-corrected chi connectivity index (χ2v) is 11.7. The number of aryl methyl sites for hydroxylation is 1. The van der Waals surface area contributed by atoms with E-state index in [0.29, 0.717) is 35.6 Å². The summed E-state index contributed by atoms with van der Waals surface area (Å²) in [5.74, 6) is -0.370. The number of nitrogens with zero attached hydrogens (tertiary/aromatic N) is 7. The van der Waals surface area contributed by atoms with Crippen LogP contribution in [0.2, 0.25) is 0 Å². The Labute approximate surface area is 236 Å². The molecule has 6 rings (SSSR count). The van der Waals surface area contributed by atoms with Crippen molar-refractivity contribution in [2.45, 2.75) is 71.1 Å². The third-order valence-corrected chi connectivity index (χ3v) is 7.31. The van der Waals surface area contributed by atoms with Crippen molar-refractivity contribution < 1.29 is 18.7 Å². The zero-order chi connectivity index (χ0) is 28.9. The molecule has 4 aromatic rings. The summed E-state index contributed by atoms with van der Waals surface area (Å²) in [6, 6.07) is 1.57. The first-order chi connectivity index (χ1) is 19.6. The van der Waals surface area contributed by atoms with E-state index in [-0.39, 0.29) is 35.1 Å². The van der Waals surface area contributed by atoms with Gasteiger partial charge in [-0.1, -0.05) is 0 Å². The van der Waals surface area contributed by atoms with E-state index in [9.17, 15) is 14.0 Å². The maximum absolute atomic E-state index is 14.6. The molecule has 214 valence electrons. The summed E-state index contributed by atoms with van der Waals surface area (Å²) in [5.41, 5.74) is 1.76. The van der Waals surface area contributed by atoms with Crippen LogP contribution in [-0.2, 0) is 4.74 Å². The average molecular weight is 561 g/mol. The highest BCUT2D eigenvalue weighted by Gasteiger charge is 2.41. The van der Waals surface area contributed by atoms with Crippen molar-refractivity contribution in [1.29, 1.82) is 0 Å². The molecule has 0 atom stereocenters. The largest absolute Gasteiger partial charge is 0.444 e. The smallest absolute Gasteiger partial charge is 0.410 e. The van der Waals surface area contributed by atoms with Crippen molar-refractivity contribution in [2.24, 2.45) is 0 Å². The molecule has 12 heteroatoms. The molecule has 4 aromatic heterocycles. The number of nitrogens with one attached hydrogen (secondary N) is 1. The molecule has 0 aromatic carbocycles. The van der Waals surface area contributed by atoms with Gasteiger partial charge in [0.15, 0.2) is 17.3 Å². The van der Waals surface area contributed by atoms with Gasteiger partial charge in [-0.2, -0.15) is 0 Å². The lowest BCUT2D eigenvalue weighted by Crippen LogP contribution is -2.50. The molecule has 2 fully saturated rings. The third-order valence-electron chi connectivity index (χ3n) is 7.31. The van der Waals surface area contributed by atoms with Crippen LogP contribution in [-0.4, -0.2) is 72.0 Å². The van der Waals surface area contributed by atoms with Gasteiger partial charge >= 0.3 is 6.09 Å². The van der Waals surface area contributed by atoms with E-state index in [4.69, 9.17) is 4.74 Å². The van der Waals surface area contributed by atoms with Crippen LogP contribution in [0.25, 0.3) is 16.7 Å².